The van der Waals surface area contributed by atoms with Gasteiger partial charge in [-0.3, -0.25) is 4.79 Å². The summed E-state index contributed by atoms with van der Waals surface area (Å²) in [6.45, 7) is 6.92. The lowest BCUT2D eigenvalue weighted by Gasteiger charge is -2.38. The van der Waals surface area contributed by atoms with Crippen molar-refractivity contribution in [3.8, 4) is 0 Å². The van der Waals surface area contributed by atoms with E-state index < -0.39 is 0 Å². The van der Waals surface area contributed by atoms with Gasteiger partial charge in [0.2, 0.25) is 0 Å². The van der Waals surface area contributed by atoms with E-state index in [0.29, 0.717) is 23.6 Å². The van der Waals surface area contributed by atoms with Crippen LogP contribution in [0.5, 0.6) is 0 Å². The topological polar surface area (TPSA) is 26.3 Å². The lowest BCUT2D eigenvalue weighted by Crippen LogP contribution is -2.38. The van der Waals surface area contributed by atoms with E-state index in [-0.39, 0.29) is 17.5 Å². The molecule has 1 unspecified atom stereocenters. The summed E-state index contributed by atoms with van der Waals surface area (Å²) in [6, 6.07) is 0. The van der Waals surface area contributed by atoms with Crippen molar-refractivity contribution in [2.24, 2.45) is 16.7 Å². The smallest absolute Gasteiger partial charge is 0.307 e. The second kappa shape index (κ2) is 3.90. The quantitative estimate of drug-likeness (QED) is 0.562. The van der Waals surface area contributed by atoms with Crippen LogP contribution in [0.15, 0.2) is 0 Å². The van der Waals surface area contributed by atoms with Gasteiger partial charge in [0.1, 0.15) is 6.10 Å². The monoisotopic (exact) mass is 244 g/mol. The zero-order valence-corrected chi connectivity index (χ0v) is 11.1. The van der Waals surface area contributed by atoms with Crippen molar-refractivity contribution in [2.75, 3.05) is 5.88 Å². The highest BCUT2D eigenvalue weighted by atomic mass is 35.5. The third-order valence-corrected chi connectivity index (χ3v) is 5.48. The second-order valence-corrected chi connectivity index (χ2v) is 6.41. The summed E-state index contributed by atoms with van der Waals surface area (Å²) in [6.07, 6.45) is 3.95. The van der Waals surface area contributed by atoms with Crippen LogP contribution in [0.3, 0.4) is 0 Å². The first-order valence-electron chi connectivity index (χ1n) is 6.17. The molecule has 92 valence electrons. The van der Waals surface area contributed by atoms with Crippen LogP contribution < -0.4 is 0 Å². The SMILES string of the molecule is CC1(C)[C@H]2CC[C@]1(C)C(OC(=O)CCCl)C2. The number of carbonyl (C=O) groups is 1. The molecular weight excluding hydrogens is 224 g/mol. The molecule has 0 aromatic rings. The van der Waals surface area contributed by atoms with E-state index in [1.165, 1.54) is 12.8 Å². The van der Waals surface area contributed by atoms with Gasteiger partial charge >= 0.3 is 5.97 Å². The summed E-state index contributed by atoms with van der Waals surface area (Å²) < 4.78 is 5.60. The van der Waals surface area contributed by atoms with Gasteiger partial charge in [0.25, 0.3) is 0 Å². The molecule has 0 aromatic carbocycles. The maximum absolute atomic E-state index is 11.5. The molecule has 0 saturated heterocycles. The van der Waals surface area contributed by atoms with Crippen molar-refractivity contribution in [1.29, 1.82) is 0 Å². The summed E-state index contributed by atoms with van der Waals surface area (Å²) in [5.74, 6) is 0.936. The van der Waals surface area contributed by atoms with E-state index >= 15 is 0 Å². The normalized spacial score (nSPS) is 40.0. The highest BCUT2D eigenvalue weighted by molar-refractivity contribution is 6.18. The summed E-state index contributed by atoms with van der Waals surface area (Å²) in [7, 11) is 0. The maximum atomic E-state index is 11.5. The van der Waals surface area contributed by atoms with Crippen LogP contribution in [-0.4, -0.2) is 18.0 Å². The highest BCUT2D eigenvalue weighted by Gasteiger charge is 2.62. The van der Waals surface area contributed by atoms with E-state index in [4.69, 9.17) is 16.3 Å². The Morgan fingerprint density at radius 2 is 2.12 bits per heavy atom. The minimum absolute atomic E-state index is 0.108. The predicted molar refractivity (Wildman–Crippen MR) is 64.4 cm³/mol. The van der Waals surface area contributed by atoms with Crippen LogP contribution in [0.4, 0.5) is 0 Å². The fourth-order valence-corrected chi connectivity index (χ4v) is 3.76. The number of alkyl halides is 1. The summed E-state index contributed by atoms with van der Waals surface area (Å²) in [5.41, 5.74) is 0.471. The Morgan fingerprint density at radius 1 is 1.44 bits per heavy atom. The number of hydrogen-bond acceptors (Lipinski definition) is 2. The average Bonchev–Trinajstić information content (AvgIpc) is 2.51. The molecule has 0 N–H and O–H groups in total. The van der Waals surface area contributed by atoms with Gasteiger partial charge in [-0.15, -0.1) is 11.6 Å². The van der Waals surface area contributed by atoms with Gasteiger partial charge in [-0.05, 0) is 30.6 Å². The van der Waals surface area contributed by atoms with Crippen LogP contribution in [0.1, 0.15) is 46.5 Å². The minimum atomic E-state index is -0.135. The third-order valence-electron chi connectivity index (χ3n) is 5.29. The molecule has 0 heterocycles. The first-order chi connectivity index (χ1) is 7.41. The molecule has 0 spiro atoms. The Kier molecular flexibility index (Phi) is 2.98. The highest BCUT2D eigenvalue weighted by Crippen LogP contribution is 2.66. The van der Waals surface area contributed by atoms with Crippen LogP contribution in [-0.2, 0) is 9.53 Å². The number of carbonyl (C=O) groups excluding carboxylic acids is 1. The Hall–Kier alpha value is -0.240. The first kappa shape index (κ1) is 12.2. The number of rotatable bonds is 3. The molecule has 2 nitrogen and oxygen atoms in total. The molecule has 0 aliphatic heterocycles. The standard InChI is InChI=1S/C13H21ClO2/c1-12(2)9-4-6-13(12,3)10(8-9)16-11(15)5-7-14/h9-10H,4-8H2,1-3H3/t9-,10?,13+/m0/s1. The van der Waals surface area contributed by atoms with Crippen molar-refractivity contribution < 1.29 is 9.53 Å². The van der Waals surface area contributed by atoms with Crippen LogP contribution >= 0.6 is 11.6 Å². The molecule has 0 aromatic heterocycles. The zero-order valence-electron chi connectivity index (χ0n) is 10.4. The third kappa shape index (κ3) is 1.57. The largest absolute Gasteiger partial charge is 0.462 e. The second-order valence-electron chi connectivity index (χ2n) is 6.03. The zero-order chi connectivity index (χ0) is 12.0. The van der Waals surface area contributed by atoms with Gasteiger partial charge < -0.3 is 4.74 Å². The summed E-state index contributed by atoms with van der Waals surface area (Å²) in [5, 5.41) is 0. The van der Waals surface area contributed by atoms with Gasteiger partial charge in [0.05, 0.1) is 6.42 Å². The first-order valence-corrected chi connectivity index (χ1v) is 6.70. The molecule has 0 radical (unpaired) electrons. The van der Waals surface area contributed by atoms with Crippen molar-refractivity contribution in [3.63, 3.8) is 0 Å². The van der Waals surface area contributed by atoms with Crippen molar-refractivity contribution >= 4 is 17.6 Å². The number of hydrogen-bond donors (Lipinski definition) is 0. The van der Waals surface area contributed by atoms with Crippen LogP contribution in [0.2, 0.25) is 0 Å². The fraction of sp³-hybridized carbons (Fsp3) is 0.923. The molecular formula is C13H21ClO2. The van der Waals surface area contributed by atoms with Crippen LogP contribution in [0.25, 0.3) is 0 Å². The molecule has 2 fully saturated rings. The molecule has 0 amide bonds. The molecule has 3 atom stereocenters. The Balaban J connectivity index is 2.07. The number of fused-ring (bicyclic) bond motifs is 2. The lowest BCUT2D eigenvalue weighted by molar-refractivity contribution is -0.156. The summed E-state index contributed by atoms with van der Waals surface area (Å²) >= 11 is 5.55. The predicted octanol–water partition coefficient (Wildman–Crippen LogP) is 3.37. The van der Waals surface area contributed by atoms with E-state index in [9.17, 15) is 4.79 Å². The molecule has 16 heavy (non-hydrogen) atoms. The minimum Gasteiger partial charge on any atom is -0.462 e. The molecule has 2 aliphatic carbocycles. The van der Waals surface area contributed by atoms with Gasteiger partial charge in [-0.2, -0.15) is 0 Å². The van der Waals surface area contributed by atoms with E-state index in [1.807, 2.05) is 0 Å². The van der Waals surface area contributed by atoms with E-state index in [2.05, 4.69) is 20.8 Å². The summed E-state index contributed by atoms with van der Waals surface area (Å²) in [4.78, 5) is 11.5. The maximum Gasteiger partial charge on any atom is 0.307 e. The van der Waals surface area contributed by atoms with Gasteiger partial charge in [0.15, 0.2) is 0 Å². The molecule has 3 heteroatoms. The Bertz CT molecular complexity index is 300. The van der Waals surface area contributed by atoms with E-state index in [1.54, 1.807) is 0 Å². The lowest BCUT2D eigenvalue weighted by atomic mass is 9.70. The number of ether oxygens (including phenoxy) is 1. The fourth-order valence-electron chi connectivity index (χ4n) is 3.60. The average molecular weight is 245 g/mol. The molecule has 2 bridgehead atoms. The van der Waals surface area contributed by atoms with Crippen molar-refractivity contribution in [1.82, 2.24) is 0 Å². The Morgan fingerprint density at radius 3 is 2.56 bits per heavy atom. The molecule has 2 aliphatic rings. The van der Waals surface area contributed by atoms with Crippen LogP contribution in [0, 0.1) is 16.7 Å². The van der Waals surface area contributed by atoms with Gasteiger partial charge in [-0.25, -0.2) is 0 Å². The van der Waals surface area contributed by atoms with Crippen molar-refractivity contribution in [3.05, 3.63) is 0 Å². The number of esters is 1. The van der Waals surface area contributed by atoms with Crippen molar-refractivity contribution in [2.45, 2.75) is 52.6 Å². The molecule has 2 rings (SSSR count). The van der Waals surface area contributed by atoms with E-state index in [0.717, 1.165) is 6.42 Å². The Labute approximate surface area is 103 Å². The molecule has 2 saturated carbocycles. The number of halogens is 1. The van der Waals surface area contributed by atoms with Gasteiger partial charge in [-0.1, -0.05) is 20.8 Å². The van der Waals surface area contributed by atoms with Gasteiger partial charge in [0, 0.05) is 11.3 Å².